The first-order valence-electron chi connectivity index (χ1n) is 12.2. The summed E-state index contributed by atoms with van der Waals surface area (Å²) in [6.07, 6.45) is 3.78. The maximum Gasteiger partial charge on any atom is 0.195 e. The van der Waals surface area contributed by atoms with Gasteiger partial charge in [0.1, 0.15) is 11.5 Å². The fourth-order valence-electron chi connectivity index (χ4n) is 6.58. The Hall–Kier alpha value is -3.51. The molecule has 1 aliphatic carbocycles. The number of carbonyl (C=O) groups excluding carboxylic acids is 3. The smallest absolute Gasteiger partial charge is 0.195 e. The lowest BCUT2D eigenvalue weighted by molar-refractivity contribution is 0.0666. The number of carbonyl (C=O) groups is 3. The van der Waals surface area contributed by atoms with Crippen LogP contribution in [-0.4, -0.2) is 29.4 Å². The van der Waals surface area contributed by atoms with E-state index in [1.807, 2.05) is 52.8 Å². The first kappa shape index (κ1) is 23.6. The summed E-state index contributed by atoms with van der Waals surface area (Å²) in [7, 11) is 0. The third-order valence-electron chi connectivity index (χ3n) is 8.04. The third-order valence-corrected chi connectivity index (χ3v) is 9.50. The SMILES string of the molecule is O=C(c1cccs1)[C@@H]1[C@H](c2ccccc2Cl)C2(C(=O)c3ccccc3C2=O)[C@@H]2C=Cc3cc(Cl)ccc3N12. The first-order chi connectivity index (χ1) is 18.4. The lowest BCUT2D eigenvalue weighted by Crippen LogP contribution is -2.48. The van der Waals surface area contributed by atoms with Crippen molar-refractivity contribution in [1.29, 1.82) is 0 Å². The number of ketones is 3. The van der Waals surface area contributed by atoms with E-state index in [9.17, 15) is 14.4 Å². The van der Waals surface area contributed by atoms with E-state index in [1.54, 1.807) is 48.5 Å². The molecule has 3 heterocycles. The maximum absolute atomic E-state index is 14.5. The standard InChI is InChI=1S/C31H19Cl2NO3S/c32-18-12-13-23-17(16-18)11-14-25-31(29(36)19-6-1-2-7-20(19)30(31)37)26(21-8-3-4-9-22(21)33)27(34(23)25)28(35)24-10-5-15-38-24/h1-16,25-27H/t25-,26-,27-/m0/s1. The maximum atomic E-state index is 14.5. The average Bonchev–Trinajstić information content (AvgIpc) is 3.62. The lowest BCUT2D eigenvalue weighted by atomic mass is 9.64. The highest BCUT2D eigenvalue weighted by atomic mass is 35.5. The molecule has 1 spiro atoms. The zero-order valence-corrected chi connectivity index (χ0v) is 22.1. The van der Waals surface area contributed by atoms with Crippen LogP contribution in [0.25, 0.3) is 6.08 Å². The zero-order valence-electron chi connectivity index (χ0n) is 19.8. The molecule has 7 rings (SSSR count). The van der Waals surface area contributed by atoms with Crippen molar-refractivity contribution in [3.05, 3.63) is 127 Å². The Kier molecular flexibility index (Phi) is 5.28. The fraction of sp³-hybridized carbons (Fsp3) is 0.129. The van der Waals surface area contributed by atoms with Crippen LogP contribution in [0.15, 0.2) is 90.3 Å². The molecule has 3 aromatic carbocycles. The summed E-state index contributed by atoms with van der Waals surface area (Å²) in [4.78, 5) is 46.0. The first-order valence-corrected chi connectivity index (χ1v) is 13.8. The van der Waals surface area contributed by atoms with Gasteiger partial charge in [0, 0.05) is 32.8 Å². The number of anilines is 1. The Bertz CT molecular complexity index is 1660. The molecule has 38 heavy (non-hydrogen) atoms. The summed E-state index contributed by atoms with van der Waals surface area (Å²) >= 11 is 14.5. The molecular formula is C31H19Cl2NO3S. The van der Waals surface area contributed by atoms with Gasteiger partial charge in [-0.05, 0) is 46.8 Å². The van der Waals surface area contributed by atoms with Gasteiger partial charge in [-0.3, -0.25) is 14.4 Å². The monoisotopic (exact) mass is 555 g/mol. The molecule has 2 aliphatic heterocycles. The van der Waals surface area contributed by atoms with Crippen LogP contribution in [0.2, 0.25) is 10.0 Å². The second kappa shape index (κ2) is 8.50. The number of halogens is 2. The average molecular weight is 556 g/mol. The summed E-state index contributed by atoms with van der Waals surface area (Å²) in [6.45, 7) is 0. The molecule has 186 valence electrons. The van der Waals surface area contributed by atoms with Crippen molar-refractivity contribution in [2.75, 3.05) is 4.90 Å². The molecule has 3 atom stereocenters. The van der Waals surface area contributed by atoms with Crippen LogP contribution in [0.5, 0.6) is 0 Å². The second-order valence-electron chi connectivity index (χ2n) is 9.77. The summed E-state index contributed by atoms with van der Waals surface area (Å²) in [5.74, 6) is -1.53. The van der Waals surface area contributed by atoms with E-state index in [0.29, 0.717) is 31.6 Å². The highest BCUT2D eigenvalue weighted by molar-refractivity contribution is 7.12. The third kappa shape index (κ3) is 3.01. The Balaban J connectivity index is 1.57. The molecule has 1 aromatic heterocycles. The Labute approximate surface area is 233 Å². The van der Waals surface area contributed by atoms with Crippen LogP contribution in [-0.2, 0) is 0 Å². The van der Waals surface area contributed by atoms with Crippen molar-refractivity contribution >= 4 is 63.7 Å². The molecule has 3 aliphatic rings. The number of thiophene rings is 1. The molecule has 4 nitrogen and oxygen atoms in total. The summed E-state index contributed by atoms with van der Waals surface area (Å²) in [5.41, 5.74) is 1.38. The number of fused-ring (bicyclic) bond motifs is 5. The predicted molar refractivity (Wildman–Crippen MR) is 151 cm³/mol. The van der Waals surface area contributed by atoms with Gasteiger partial charge in [0.25, 0.3) is 0 Å². The van der Waals surface area contributed by atoms with Crippen molar-refractivity contribution < 1.29 is 14.4 Å². The van der Waals surface area contributed by atoms with E-state index in [1.165, 1.54) is 11.3 Å². The van der Waals surface area contributed by atoms with Gasteiger partial charge < -0.3 is 4.90 Å². The van der Waals surface area contributed by atoms with Gasteiger partial charge in [-0.2, -0.15) is 0 Å². The summed E-state index contributed by atoms with van der Waals surface area (Å²) < 4.78 is 0. The topological polar surface area (TPSA) is 54.5 Å². The molecule has 0 amide bonds. The van der Waals surface area contributed by atoms with Gasteiger partial charge in [-0.15, -0.1) is 11.3 Å². The van der Waals surface area contributed by atoms with Crippen LogP contribution < -0.4 is 4.90 Å². The number of hydrogen-bond donors (Lipinski definition) is 0. The number of benzene rings is 3. The van der Waals surface area contributed by atoms with Crippen LogP contribution >= 0.6 is 34.5 Å². The van der Waals surface area contributed by atoms with Crippen molar-refractivity contribution in [2.24, 2.45) is 5.41 Å². The lowest BCUT2D eigenvalue weighted by Gasteiger charge is -2.37. The van der Waals surface area contributed by atoms with Crippen molar-refractivity contribution in [1.82, 2.24) is 0 Å². The molecule has 4 aromatic rings. The van der Waals surface area contributed by atoms with Crippen molar-refractivity contribution in [3.8, 4) is 0 Å². The van der Waals surface area contributed by atoms with E-state index < -0.39 is 23.4 Å². The largest absolute Gasteiger partial charge is 0.352 e. The van der Waals surface area contributed by atoms with Gasteiger partial charge in [0.05, 0.1) is 10.9 Å². The van der Waals surface area contributed by atoms with Gasteiger partial charge in [0.2, 0.25) is 0 Å². The van der Waals surface area contributed by atoms with Crippen LogP contribution in [0.1, 0.15) is 47.4 Å². The molecule has 7 heteroatoms. The predicted octanol–water partition coefficient (Wildman–Crippen LogP) is 7.37. The van der Waals surface area contributed by atoms with Gasteiger partial charge in [-0.1, -0.05) is 83.9 Å². The molecule has 0 unspecified atom stereocenters. The van der Waals surface area contributed by atoms with Gasteiger partial charge >= 0.3 is 0 Å². The van der Waals surface area contributed by atoms with Crippen LogP contribution in [0.4, 0.5) is 5.69 Å². The number of hydrogen-bond acceptors (Lipinski definition) is 5. The number of Topliss-reactive ketones (excluding diaryl/α,β-unsaturated/α-hetero) is 3. The van der Waals surface area contributed by atoms with Crippen LogP contribution in [0, 0.1) is 5.41 Å². The van der Waals surface area contributed by atoms with E-state index in [-0.39, 0.29) is 17.3 Å². The van der Waals surface area contributed by atoms with E-state index in [4.69, 9.17) is 23.2 Å². The van der Waals surface area contributed by atoms with Gasteiger partial charge in [-0.25, -0.2) is 0 Å². The fourth-order valence-corrected chi connectivity index (χ4v) is 7.71. The minimum atomic E-state index is -1.57. The molecular weight excluding hydrogens is 537 g/mol. The molecule has 0 N–H and O–H groups in total. The number of nitrogens with zero attached hydrogens (tertiary/aromatic N) is 1. The number of rotatable bonds is 3. The Morgan fingerprint density at radius 3 is 2.26 bits per heavy atom. The second-order valence-corrected chi connectivity index (χ2v) is 11.6. The Morgan fingerprint density at radius 2 is 1.58 bits per heavy atom. The van der Waals surface area contributed by atoms with Crippen LogP contribution in [0.3, 0.4) is 0 Å². The molecule has 0 radical (unpaired) electrons. The van der Waals surface area contributed by atoms with E-state index >= 15 is 0 Å². The highest BCUT2D eigenvalue weighted by Gasteiger charge is 2.71. The van der Waals surface area contributed by atoms with E-state index in [2.05, 4.69) is 0 Å². The summed E-state index contributed by atoms with van der Waals surface area (Å²) in [5, 5.41) is 2.83. The summed E-state index contributed by atoms with van der Waals surface area (Å²) in [6, 6.07) is 21.7. The van der Waals surface area contributed by atoms with Crippen molar-refractivity contribution in [3.63, 3.8) is 0 Å². The Morgan fingerprint density at radius 1 is 0.868 bits per heavy atom. The zero-order chi connectivity index (χ0) is 26.2. The normalized spacial score (nSPS) is 22.5. The molecule has 0 saturated carbocycles. The van der Waals surface area contributed by atoms with E-state index in [0.717, 1.165) is 11.3 Å². The molecule has 1 fully saturated rings. The highest BCUT2D eigenvalue weighted by Crippen LogP contribution is 2.61. The molecule has 0 bridgehead atoms. The quantitative estimate of drug-likeness (QED) is 0.195. The minimum Gasteiger partial charge on any atom is -0.352 e. The minimum absolute atomic E-state index is 0.153. The van der Waals surface area contributed by atoms with Crippen molar-refractivity contribution in [2.45, 2.75) is 18.0 Å². The van der Waals surface area contributed by atoms with Gasteiger partial charge in [0.15, 0.2) is 17.3 Å². The molecule has 1 saturated heterocycles.